The van der Waals surface area contributed by atoms with Crippen molar-refractivity contribution in [3.63, 3.8) is 0 Å². The molecule has 5 nitrogen and oxygen atoms in total. The minimum Gasteiger partial charge on any atom is -0.388 e. The molecule has 0 atom stereocenters. The Kier molecular flexibility index (Phi) is 7.91. The third-order valence-corrected chi connectivity index (χ3v) is 7.25. The van der Waals surface area contributed by atoms with E-state index < -0.39 is 35.3 Å². The van der Waals surface area contributed by atoms with Gasteiger partial charge in [-0.15, -0.1) is 0 Å². The van der Waals surface area contributed by atoms with Gasteiger partial charge in [-0.1, -0.05) is 45.4 Å². The highest BCUT2D eigenvalue weighted by molar-refractivity contribution is 6.32. The number of alkyl halides is 3. The maximum absolute atomic E-state index is 14.8. The summed E-state index contributed by atoms with van der Waals surface area (Å²) in [7, 11) is 0. The van der Waals surface area contributed by atoms with Crippen molar-refractivity contribution in [1.82, 2.24) is 14.9 Å². The number of nitrogens with zero attached hydrogens (tertiary/aromatic N) is 2. The second-order valence-corrected chi connectivity index (χ2v) is 10.6. The Hall–Kier alpha value is -2.13. The fourth-order valence-corrected chi connectivity index (χ4v) is 4.61. The number of carbonyl (C=O) groups excluding carboxylic acids is 1. The molecule has 0 bridgehead atoms. The smallest absolute Gasteiger partial charge is 0.388 e. The number of carbonyl (C=O) groups is 1. The number of hydrogen-bond acceptors (Lipinski definition) is 3. The van der Waals surface area contributed by atoms with Gasteiger partial charge in [0.05, 0.1) is 16.7 Å². The minimum absolute atomic E-state index is 0.0358. The summed E-state index contributed by atoms with van der Waals surface area (Å²) in [5.74, 6) is -0.423. The van der Waals surface area contributed by atoms with Crippen molar-refractivity contribution >= 4 is 17.5 Å². The molecule has 1 amide bonds. The lowest BCUT2D eigenvalue weighted by atomic mass is 9.79. The molecule has 35 heavy (non-hydrogen) atoms. The molecular formula is C25H32ClF4N3O2. The van der Waals surface area contributed by atoms with Gasteiger partial charge in [-0.3, -0.25) is 9.36 Å². The van der Waals surface area contributed by atoms with Crippen molar-refractivity contribution in [3.05, 3.63) is 46.3 Å². The van der Waals surface area contributed by atoms with Crippen LogP contribution in [0.4, 0.5) is 17.6 Å². The van der Waals surface area contributed by atoms with E-state index in [9.17, 15) is 27.5 Å². The zero-order valence-corrected chi connectivity index (χ0v) is 21.2. The molecule has 0 unspecified atom stereocenters. The van der Waals surface area contributed by atoms with E-state index in [1.54, 1.807) is 6.92 Å². The van der Waals surface area contributed by atoms with Gasteiger partial charge in [0, 0.05) is 13.0 Å². The van der Waals surface area contributed by atoms with E-state index in [1.807, 2.05) is 0 Å². The van der Waals surface area contributed by atoms with Crippen molar-refractivity contribution in [2.75, 3.05) is 6.54 Å². The van der Waals surface area contributed by atoms with Gasteiger partial charge < -0.3 is 10.4 Å². The van der Waals surface area contributed by atoms with Crippen LogP contribution in [-0.2, 0) is 12.8 Å². The average molecular weight is 518 g/mol. The van der Waals surface area contributed by atoms with Crippen LogP contribution < -0.4 is 5.32 Å². The number of aryl methyl sites for hydroxylation is 1. The summed E-state index contributed by atoms with van der Waals surface area (Å²) in [6, 6.07) is 3.86. The molecule has 0 saturated heterocycles. The first-order valence-electron chi connectivity index (χ1n) is 11.8. The number of benzene rings is 1. The molecule has 1 aliphatic rings. The van der Waals surface area contributed by atoms with E-state index in [2.05, 4.69) is 17.2 Å². The first-order chi connectivity index (χ1) is 16.2. The van der Waals surface area contributed by atoms with Gasteiger partial charge in [0.1, 0.15) is 16.8 Å². The van der Waals surface area contributed by atoms with Gasteiger partial charge in [-0.05, 0) is 55.7 Å². The number of aliphatic hydroxyl groups is 1. The van der Waals surface area contributed by atoms with E-state index >= 15 is 0 Å². The van der Waals surface area contributed by atoms with Crippen LogP contribution in [0, 0.1) is 17.2 Å². The Morgan fingerprint density at radius 3 is 2.46 bits per heavy atom. The van der Waals surface area contributed by atoms with E-state index in [0.717, 1.165) is 32.8 Å². The lowest BCUT2D eigenvalue weighted by molar-refractivity contribution is -0.211. The number of aromatic nitrogens is 2. The molecule has 2 aromatic rings. The van der Waals surface area contributed by atoms with E-state index in [4.69, 9.17) is 11.6 Å². The highest BCUT2D eigenvalue weighted by Crippen LogP contribution is 2.41. The molecule has 0 spiro atoms. The Morgan fingerprint density at radius 1 is 1.29 bits per heavy atom. The highest BCUT2D eigenvalue weighted by atomic mass is 35.5. The van der Waals surface area contributed by atoms with Crippen LogP contribution in [0.1, 0.15) is 75.3 Å². The van der Waals surface area contributed by atoms with Crippen LogP contribution in [0.25, 0.3) is 5.69 Å². The molecule has 0 aliphatic heterocycles. The van der Waals surface area contributed by atoms with Crippen molar-refractivity contribution < 1.29 is 27.5 Å². The summed E-state index contributed by atoms with van der Waals surface area (Å²) in [6.45, 7) is 6.04. The summed E-state index contributed by atoms with van der Waals surface area (Å²) >= 11 is 6.48. The van der Waals surface area contributed by atoms with Crippen molar-refractivity contribution in [1.29, 1.82) is 0 Å². The second-order valence-electron chi connectivity index (χ2n) is 10.3. The van der Waals surface area contributed by atoms with Gasteiger partial charge in [-0.2, -0.15) is 13.2 Å². The molecule has 2 N–H and O–H groups in total. The van der Waals surface area contributed by atoms with Gasteiger partial charge in [0.2, 0.25) is 0 Å². The normalized spacial score (nSPS) is 21.3. The lowest BCUT2D eigenvalue weighted by Gasteiger charge is -2.34. The molecule has 3 rings (SSSR count). The number of amides is 1. The number of rotatable bonds is 7. The summed E-state index contributed by atoms with van der Waals surface area (Å²) < 4.78 is 56.0. The molecule has 1 fully saturated rings. The molecule has 194 valence electrons. The van der Waals surface area contributed by atoms with Gasteiger partial charge in [0.15, 0.2) is 5.69 Å². The zero-order chi connectivity index (χ0) is 26.2. The Labute approximate surface area is 207 Å². The van der Waals surface area contributed by atoms with Crippen LogP contribution in [-0.4, -0.2) is 38.9 Å². The molecular weight excluding hydrogens is 486 g/mol. The van der Waals surface area contributed by atoms with Crippen LogP contribution >= 0.6 is 11.6 Å². The standard InChI is InChI=1S/C25H32ClF4N3O2/c1-5-19-32-20(22(34)31-14-24(35)10-8-15(2)9-11-24)21(26)33(19)17-7-6-16(18(27)12-17)13-23(3,4)25(28,29)30/h6-7,12,15,35H,5,8-11,13-14H2,1-4H3,(H,31,34). The topological polar surface area (TPSA) is 67.2 Å². The molecule has 1 aromatic heterocycles. The highest BCUT2D eigenvalue weighted by Gasteiger charge is 2.47. The summed E-state index contributed by atoms with van der Waals surface area (Å²) in [5, 5.41) is 13.4. The SMILES string of the molecule is CCc1nc(C(=O)NCC2(O)CCC(C)CC2)c(Cl)n1-c1ccc(CC(C)(C)C(F)(F)F)c(F)c1. The quantitative estimate of drug-likeness (QED) is 0.441. The number of nitrogens with one attached hydrogen (secondary N) is 1. The molecule has 1 aliphatic carbocycles. The first-order valence-corrected chi connectivity index (χ1v) is 12.2. The monoisotopic (exact) mass is 517 g/mol. The maximum atomic E-state index is 14.8. The van der Waals surface area contributed by atoms with E-state index in [0.29, 0.717) is 31.0 Å². The Bertz CT molecular complexity index is 1070. The van der Waals surface area contributed by atoms with Crippen molar-refractivity contribution in [2.45, 2.75) is 78.0 Å². The molecule has 1 aromatic carbocycles. The predicted octanol–water partition coefficient (Wildman–Crippen LogP) is 6.03. The van der Waals surface area contributed by atoms with Crippen molar-refractivity contribution in [3.8, 4) is 5.69 Å². The minimum atomic E-state index is -4.48. The van der Waals surface area contributed by atoms with Gasteiger partial charge >= 0.3 is 6.18 Å². The predicted molar refractivity (Wildman–Crippen MR) is 126 cm³/mol. The third kappa shape index (κ3) is 6.00. The number of imidazole rings is 1. The molecule has 1 saturated carbocycles. The zero-order valence-electron chi connectivity index (χ0n) is 20.4. The van der Waals surface area contributed by atoms with Crippen LogP contribution in [0.3, 0.4) is 0 Å². The lowest BCUT2D eigenvalue weighted by Crippen LogP contribution is -2.45. The molecule has 10 heteroatoms. The summed E-state index contributed by atoms with van der Waals surface area (Å²) in [6.07, 6.45) is -1.68. The first kappa shape index (κ1) is 27.5. The van der Waals surface area contributed by atoms with Crippen LogP contribution in [0.15, 0.2) is 18.2 Å². The average Bonchev–Trinajstić information content (AvgIpc) is 3.11. The summed E-state index contributed by atoms with van der Waals surface area (Å²) in [5.41, 5.74) is -2.95. The number of hydrogen-bond donors (Lipinski definition) is 2. The molecule has 0 radical (unpaired) electrons. The molecule has 1 heterocycles. The number of halogens is 5. The fourth-order valence-electron chi connectivity index (χ4n) is 4.29. The largest absolute Gasteiger partial charge is 0.394 e. The third-order valence-electron chi connectivity index (χ3n) is 6.90. The van der Waals surface area contributed by atoms with Gasteiger partial charge in [-0.25, -0.2) is 9.37 Å². The van der Waals surface area contributed by atoms with Gasteiger partial charge in [0.25, 0.3) is 5.91 Å². The van der Waals surface area contributed by atoms with Crippen molar-refractivity contribution in [2.24, 2.45) is 11.3 Å². The maximum Gasteiger partial charge on any atom is 0.394 e. The van der Waals surface area contributed by atoms with E-state index in [1.165, 1.54) is 16.7 Å². The summed E-state index contributed by atoms with van der Waals surface area (Å²) in [4.78, 5) is 17.1. The van der Waals surface area contributed by atoms with Crippen LogP contribution in [0.2, 0.25) is 5.15 Å². The van der Waals surface area contributed by atoms with E-state index in [-0.39, 0.29) is 28.6 Å². The second kappa shape index (κ2) is 10.1. The Morgan fingerprint density at radius 2 is 1.91 bits per heavy atom. The fraction of sp³-hybridized carbons (Fsp3) is 0.600. The Balaban J connectivity index is 1.83. The van der Waals surface area contributed by atoms with Crippen LogP contribution in [0.5, 0.6) is 0 Å².